The van der Waals surface area contributed by atoms with E-state index in [-0.39, 0.29) is 11.5 Å². The van der Waals surface area contributed by atoms with Gasteiger partial charge < -0.3 is 5.32 Å². The molecule has 0 fully saturated rings. The van der Waals surface area contributed by atoms with E-state index < -0.39 is 11.6 Å². The molecule has 6 heteroatoms. The van der Waals surface area contributed by atoms with Gasteiger partial charge in [-0.3, -0.25) is 0 Å². The molecule has 0 aliphatic heterocycles. The molecular formula is C14H17F2N3S. The lowest BCUT2D eigenvalue weighted by atomic mass is 9.98. The third-order valence-corrected chi connectivity index (χ3v) is 4.13. The van der Waals surface area contributed by atoms with Crippen molar-refractivity contribution < 1.29 is 8.78 Å². The van der Waals surface area contributed by atoms with Gasteiger partial charge in [0.1, 0.15) is 5.01 Å². The molecule has 1 unspecified atom stereocenters. The summed E-state index contributed by atoms with van der Waals surface area (Å²) in [7, 11) is 0. The molecule has 0 spiro atoms. The molecule has 0 bridgehead atoms. The van der Waals surface area contributed by atoms with Crippen LogP contribution in [-0.4, -0.2) is 10.2 Å². The highest BCUT2D eigenvalue weighted by molar-refractivity contribution is 7.15. The molecule has 20 heavy (non-hydrogen) atoms. The Labute approximate surface area is 121 Å². The monoisotopic (exact) mass is 297 g/mol. The fraction of sp³-hybridized carbons (Fsp3) is 0.429. The molecule has 0 aliphatic rings. The molecule has 1 aromatic carbocycles. The van der Waals surface area contributed by atoms with Crippen LogP contribution in [0, 0.1) is 11.6 Å². The van der Waals surface area contributed by atoms with Gasteiger partial charge in [0.15, 0.2) is 11.6 Å². The van der Waals surface area contributed by atoms with Gasteiger partial charge in [0.05, 0.1) is 6.04 Å². The number of benzene rings is 1. The number of nitrogens with zero attached hydrogens (tertiary/aromatic N) is 2. The average molecular weight is 297 g/mol. The second-order valence-electron chi connectivity index (χ2n) is 5.70. The normalized spacial score (nSPS) is 13.3. The zero-order chi connectivity index (χ0) is 14.9. The maximum atomic E-state index is 13.2. The van der Waals surface area contributed by atoms with Crippen LogP contribution in [0.4, 0.5) is 13.9 Å². The van der Waals surface area contributed by atoms with Crippen molar-refractivity contribution in [3.8, 4) is 0 Å². The maximum Gasteiger partial charge on any atom is 0.206 e. The van der Waals surface area contributed by atoms with Crippen molar-refractivity contribution in [1.29, 1.82) is 0 Å². The fourth-order valence-corrected chi connectivity index (χ4v) is 2.52. The fourth-order valence-electron chi connectivity index (χ4n) is 1.63. The smallest absolute Gasteiger partial charge is 0.206 e. The highest BCUT2D eigenvalue weighted by Gasteiger charge is 2.20. The Balaban J connectivity index is 2.13. The lowest BCUT2D eigenvalue weighted by Crippen LogP contribution is -2.10. The largest absolute Gasteiger partial charge is 0.354 e. The van der Waals surface area contributed by atoms with Gasteiger partial charge in [0, 0.05) is 5.41 Å². The highest BCUT2D eigenvalue weighted by atomic mass is 32.1. The lowest BCUT2D eigenvalue weighted by molar-refractivity contribution is 0.506. The van der Waals surface area contributed by atoms with Gasteiger partial charge in [0.25, 0.3) is 0 Å². The van der Waals surface area contributed by atoms with Crippen molar-refractivity contribution >= 4 is 16.5 Å². The van der Waals surface area contributed by atoms with Gasteiger partial charge >= 0.3 is 0 Å². The summed E-state index contributed by atoms with van der Waals surface area (Å²) in [6.45, 7) is 8.06. The molecular weight excluding hydrogens is 280 g/mol. The first kappa shape index (κ1) is 14.8. The van der Waals surface area contributed by atoms with Crippen molar-refractivity contribution in [2.75, 3.05) is 5.32 Å². The molecule has 0 aliphatic carbocycles. The minimum absolute atomic E-state index is 0.0528. The quantitative estimate of drug-likeness (QED) is 0.918. The molecule has 0 saturated heterocycles. The van der Waals surface area contributed by atoms with E-state index in [1.165, 1.54) is 17.4 Å². The summed E-state index contributed by atoms with van der Waals surface area (Å²) < 4.78 is 26.1. The van der Waals surface area contributed by atoms with E-state index in [1.54, 1.807) is 6.07 Å². The Morgan fingerprint density at radius 2 is 1.85 bits per heavy atom. The Morgan fingerprint density at radius 1 is 1.15 bits per heavy atom. The predicted molar refractivity (Wildman–Crippen MR) is 77.0 cm³/mol. The number of nitrogens with one attached hydrogen (secondary N) is 1. The van der Waals surface area contributed by atoms with E-state index in [2.05, 4.69) is 36.3 Å². The number of hydrogen-bond acceptors (Lipinski definition) is 4. The first-order valence-corrected chi connectivity index (χ1v) is 7.14. The van der Waals surface area contributed by atoms with Gasteiger partial charge in [-0.15, -0.1) is 10.2 Å². The van der Waals surface area contributed by atoms with Crippen molar-refractivity contribution in [3.63, 3.8) is 0 Å². The van der Waals surface area contributed by atoms with Crippen LogP contribution < -0.4 is 5.32 Å². The first-order chi connectivity index (χ1) is 9.27. The molecule has 1 N–H and O–H groups in total. The van der Waals surface area contributed by atoms with Crippen molar-refractivity contribution in [1.82, 2.24) is 10.2 Å². The average Bonchev–Trinajstić information content (AvgIpc) is 2.81. The SMILES string of the molecule is CC(Nc1nnc(C(C)(C)C)s1)c1ccc(F)c(F)c1. The van der Waals surface area contributed by atoms with Crippen LogP contribution in [-0.2, 0) is 5.41 Å². The van der Waals surface area contributed by atoms with Crippen LogP contribution in [0.5, 0.6) is 0 Å². The molecule has 0 saturated carbocycles. The molecule has 108 valence electrons. The van der Waals surface area contributed by atoms with Crippen LogP contribution in [0.25, 0.3) is 0 Å². The number of halogens is 2. The van der Waals surface area contributed by atoms with E-state index in [0.29, 0.717) is 10.7 Å². The summed E-state index contributed by atoms with van der Waals surface area (Å²) in [5.74, 6) is -1.68. The van der Waals surface area contributed by atoms with Crippen LogP contribution in [0.15, 0.2) is 18.2 Å². The van der Waals surface area contributed by atoms with Gasteiger partial charge in [-0.25, -0.2) is 8.78 Å². The van der Waals surface area contributed by atoms with Crippen LogP contribution >= 0.6 is 11.3 Å². The predicted octanol–water partition coefficient (Wildman–Crippen LogP) is 4.29. The number of hydrogen-bond donors (Lipinski definition) is 1. The Morgan fingerprint density at radius 3 is 2.40 bits per heavy atom. The Bertz CT molecular complexity index is 605. The van der Waals surface area contributed by atoms with Gasteiger partial charge in [-0.1, -0.05) is 38.2 Å². The second kappa shape index (κ2) is 5.44. The minimum atomic E-state index is -0.844. The van der Waals surface area contributed by atoms with Gasteiger partial charge in [-0.2, -0.15) is 0 Å². The standard InChI is InChI=1S/C14H17F2N3S/c1-8(9-5-6-10(15)11(16)7-9)17-13-19-18-12(20-13)14(2,3)4/h5-8H,1-4H3,(H,17,19). The summed E-state index contributed by atoms with van der Waals surface area (Å²) in [6.07, 6.45) is 0. The van der Waals surface area contributed by atoms with Gasteiger partial charge in [-0.05, 0) is 24.6 Å². The summed E-state index contributed by atoms with van der Waals surface area (Å²) in [6, 6.07) is 3.70. The maximum absolute atomic E-state index is 13.2. The van der Waals surface area contributed by atoms with E-state index in [4.69, 9.17) is 0 Å². The zero-order valence-electron chi connectivity index (χ0n) is 11.9. The summed E-state index contributed by atoms with van der Waals surface area (Å²) in [4.78, 5) is 0. The van der Waals surface area contributed by atoms with Crippen molar-refractivity contribution in [3.05, 3.63) is 40.4 Å². The Kier molecular flexibility index (Phi) is 4.04. The molecule has 1 heterocycles. The third-order valence-electron chi connectivity index (χ3n) is 2.85. The van der Waals surface area contributed by atoms with Crippen LogP contribution in [0.1, 0.15) is 44.3 Å². The molecule has 0 amide bonds. The molecule has 1 atom stereocenters. The number of rotatable bonds is 3. The molecule has 0 radical (unpaired) electrons. The third kappa shape index (κ3) is 3.30. The van der Waals surface area contributed by atoms with Crippen LogP contribution in [0.2, 0.25) is 0 Å². The zero-order valence-corrected chi connectivity index (χ0v) is 12.7. The minimum Gasteiger partial charge on any atom is -0.354 e. The second-order valence-corrected chi connectivity index (χ2v) is 6.68. The van der Waals surface area contributed by atoms with E-state index in [1.807, 2.05) is 6.92 Å². The highest BCUT2D eigenvalue weighted by Crippen LogP contribution is 2.29. The molecule has 1 aromatic heterocycles. The van der Waals surface area contributed by atoms with E-state index in [9.17, 15) is 8.78 Å². The van der Waals surface area contributed by atoms with E-state index in [0.717, 1.165) is 11.1 Å². The molecule has 3 nitrogen and oxygen atoms in total. The van der Waals surface area contributed by atoms with Crippen LogP contribution in [0.3, 0.4) is 0 Å². The number of anilines is 1. The first-order valence-electron chi connectivity index (χ1n) is 6.33. The molecule has 2 rings (SSSR count). The summed E-state index contributed by atoms with van der Waals surface area (Å²) in [5.41, 5.74) is 0.611. The Hall–Kier alpha value is -1.56. The summed E-state index contributed by atoms with van der Waals surface area (Å²) >= 11 is 1.47. The molecule has 2 aromatic rings. The van der Waals surface area contributed by atoms with Gasteiger partial charge in [0.2, 0.25) is 5.13 Å². The van der Waals surface area contributed by atoms with E-state index >= 15 is 0 Å². The topological polar surface area (TPSA) is 37.8 Å². The summed E-state index contributed by atoms with van der Waals surface area (Å²) in [5, 5.41) is 13.0. The lowest BCUT2D eigenvalue weighted by Gasteiger charge is -2.14. The van der Waals surface area contributed by atoms with Crippen molar-refractivity contribution in [2.45, 2.75) is 39.2 Å². The number of aromatic nitrogens is 2. The van der Waals surface area contributed by atoms with Crippen molar-refractivity contribution in [2.24, 2.45) is 0 Å².